The lowest BCUT2D eigenvalue weighted by molar-refractivity contribution is -0.142. The third-order valence-electron chi connectivity index (χ3n) is 3.37. The minimum atomic E-state index is -4.51. The zero-order valence-electron chi connectivity index (χ0n) is 13.3. The lowest BCUT2D eigenvalue weighted by Gasteiger charge is -2.13. The maximum atomic E-state index is 13.4. The van der Waals surface area contributed by atoms with E-state index in [1.807, 2.05) is 20.8 Å². The highest BCUT2D eigenvalue weighted by atomic mass is 32.1. The summed E-state index contributed by atoms with van der Waals surface area (Å²) in [6, 6.07) is 6.41. The lowest BCUT2D eigenvalue weighted by atomic mass is 9.92. The summed E-state index contributed by atoms with van der Waals surface area (Å²) in [7, 11) is 0. The van der Waals surface area contributed by atoms with Crippen LogP contribution >= 0.6 is 11.3 Å². The Hall–Kier alpha value is -2.22. The van der Waals surface area contributed by atoms with Crippen LogP contribution in [0.15, 0.2) is 35.8 Å². The minimum absolute atomic E-state index is 0.165. The summed E-state index contributed by atoms with van der Waals surface area (Å²) in [5.74, 6) is 0. The summed E-state index contributed by atoms with van der Waals surface area (Å²) in [5, 5.41) is 5.99. The molecule has 0 aliphatic carbocycles. The van der Waals surface area contributed by atoms with Gasteiger partial charge in [0.25, 0.3) is 0 Å². The van der Waals surface area contributed by atoms with Gasteiger partial charge in [-0.2, -0.15) is 18.3 Å². The molecule has 0 saturated heterocycles. The Labute approximate surface area is 141 Å². The van der Waals surface area contributed by atoms with E-state index in [0.29, 0.717) is 17.1 Å². The third kappa shape index (κ3) is 3.19. The smallest absolute Gasteiger partial charge is 0.255 e. The molecular formula is C16H15F3N4S. The van der Waals surface area contributed by atoms with Crippen LogP contribution in [-0.4, -0.2) is 19.7 Å². The third-order valence-corrected chi connectivity index (χ3v) is 4.18. The standard InChI is InChI=1S/C16H15F3N4S/c1-15(2,3)12-8-13(16(17,18)19)23(22-12)14-21-11(9-24-14)10-6-4-5-7-20-10/h4-9H,1-3H3. The SMILES string of the molecule is CC(C)(C)c1cc(C(F)(F)F)n(-c2nc(-c3ccccn3)cs2)n1. The molecule has 0 aliphatic heterocycles. The molecule has 8 heteroatoms. The largest absolute Gasteiger partial charge is 0.433 e. The molecule has 0 amide bonds. The number of hydrogen-bond acceptors (Lipinski definition) is 4. The molecule has 0 spiro atoms. The molecule has 0 saturated carbocycles. The average molecular weight is 352 g/mol. The van der Waals surface area contributed by atoms with Crippen molar-refractivity contribution in [2.24, 2.45) is 0 Å². The van der Waals surface area contributed by atoms with Crippen molar-refractivity contribution in [2.45, 2.75) is 32.4 Å². The second-order valence-electron chi connectivity index (χ2n) is 6.30. The molecule has 0 N–H and O–H groups in total. The Kier molecular flexibility index (Phi) is 3.95. The quantitative estimate of drug-likeness (QED) is 0.671. The van der Waals surface area contributed by atoms with Gasteiger partial charge in [-0.25, -0.2) is 9.67 Å². The lowest BCUT2D eigenvalue weighted by Crippen LogP contribution is -2.13. The molecule has 4 nitrogen and oxygen atoms in total. The van der Waals surface area contributed by atoms with E-state index in [1.54, 1.807) is 29.8 Å². The fourth-order valence-electron chi connectivity index (χ4n) is 2.09. The number of aromatic nitrogens is 4. The average Bonchev–Trinajstić information content (AvgIpc) is 3.14. The van der Waals surface area contributed by atoms with Crippen LogP contribution < -0.4 is 0 Å². The Morgan fingerprint density at radius 3 is 2.42 bits per heavy atom. The Balaban J connectivity index is 2.09. The highest BCUT2D eigenvalue weighted by Gasteiger charge is 2.38. The molecule has 3 aromatic rings. The maximum Gasteiger partial charge on any atom is 0.433 e. The van der Waals surface area contributed by atoms with Crippen LogP contribution in [0.2, 0.25) is 0 Å². The monoisotopic (exact) mass is 352 g/mol. The van der Waals surface area contributed by atoms with Gasteiger partial charge in [0.2, 0.25) is 5.13 Å². The first-order valence-electron chi connectivity index (χ1n) is 7.21. The van der Waals surface area contributed by atoms with Crippen molar-refractivity contribution in [2.75, 3.05) is 0 Å². The predicted octanol–water partition coefficient (Wildman–Crippen LogP) is 4.71. The van der Waals surface area contributed by atoms with Crippen molar-refractivity contribution in [3.8, 4) is 16.5 Å². The zero-order valence-corrected chi connectivity index (χ0v) is 14.1. The van der Waals surface area contributed by atoms with E-state index in [4.69, 9.17) is 0 Å². The Bertz CT molecular complexity index is 844. The van der Waals surface area contributed by atoms with Crippen LogP contribution in [0, 0.1) is 0 Å². The van der Waals surface area contributed by atoms with E-state index in [0.717, 1.165) is 22.1 Å². The summed E-state index contributed by atoms with van der Waals surface area (Å²) in [6.07, 6.45) is -2.89. The van der Waals surface area contributed by atoms with Crippen LogP contribution in [-0.2, 0) is 11.6 Å². The molecule has 3 heterocycles. The number of rotatable bonds is 2. The number of thiazole rings is 1. The van der Waals surface area contributed by atoms with Crippen molar-refractivity contribution in [1.82, 2.24) is 19.7 Å². The molecule has 0 unspecified atom stereocenters. The van der Waals surface area contributed by atoms with E-state index in [-0.39, 0.29) is 5.13 Å². The van der Waals surface area contributed by atoms with Crippen LogP contribution in [0.1, 0.15) is 32.2 Å². The van der Waals surface area contributed by atoms with Crippen LogP contribution in [0.3, 0.4) is 0 Å². The van der Waals surface area contributed by atoms with Crippen molar-refractivity contribution >= 4 is 11.3 Å². The highest BCUT2D eigenvalue weighted by molar-refractivity contribution is 7.12. The van der Waals surface area contributed by atoms with Gasteiger partial charge < -0.3 is 0 Å². The van der Waals surface area contributed by atoms with Gasteiger partial charge in [0.05, 0.1) is 11.4 Å². The fourth-order valence-corrected chi connectivity index (χ4v) is 2.87. The van der Waals surface area contributed by atoms with Gasteiger partial charge in [-0.05, 0) is 18.2 Å². The number of hydrogen-bond donors (Lipinski definition) is 0. The summed E-state index contributed by atoms with van der Waals surface area (Å²) in [6.45, 7) is 5.46. The Morgan fingerprint density at radius 2 is 1.83 bits per heavy atom. The molecule has 0 fully saturated rings. The first kappa shape index (κ1) is 16.6. The van der Waals surface area contributed by atoms with Crippen molar-refractivity contribution < 1.29 is 13.2 Å². The second kappa shape index (κ2) is 5.70. The van der Waals surface area contributed by atoms with Crippen LogP contribution in [0.5, 0.6) is 0 Å². The van der Waals surface area contributed by atoms with Gasteiger partial charge in [0.1, 0.15) is 5.69 Å². The maximum absolute atomic E-state index is 13.4. The van der Waals surface area contributed by atoms with E-state index < -0.39 is 17.3 Å². The molecule has 0 radical (unpaired) electrons. The van der Waals surface area contributed by atoms with Gasteiger partial charge in [0, 0.05) is 17.0 Å². The molecule has 3 aromatic heterocycles. The molecule has 24 heavy (non-hydrogen) atoms. The first-order chi connectivity index (χ1) is 11.2. The fraction of sp³-hybridized carbons (Fsp3) is 0.312. The van der Waals surface area contributed by atoms with Gasteiger partial charge in [-0.1, -0.05) is 26.8 Å². The summed E-state index contributed by atoms with van der Waals surface area (Å²) >= 11 is 1.10. The predicted molar refractivity (Wildman–Crippen MR) is 86.2 cm³/mol. The van der Waals surface area contributed by atoms with Gasteiger partial charge in [-0.3, -0.25) is 4.98 Å². The Morgan fingerprint density at radius 1 is 1.08 bits per heavy atom. The highest BCUT2D eigenvalue weighted by Crippen LogP contribution is 2.35. The number of pyridine rings is 1. The van der Waals surface area contributed by atoms with Crippen LogP contribution in [0.4, 0.5) is 13.2 Å². The van der Waals surface area contributed by atoms with Gasteiger partial charge in [0.15, 0.2) is 5.69 Å². The van der Waals surface area contributed by atoms with Crippen LogP contribution in [0.25, 0.3) is 16.5 Å². The van der Waals surface area contributed by atoms with Crippen molar-refractivity contribution in [1.29, 1.82) is 0 Å². The summed E-state index contributed by atoms with van der Waals surface area (Å²) in [4.78, 5) is 8.44. The van der Waals surface area contributed by atoms with E-state index in [9.17, 15) is 13.2 Å². The molecule has 126 valence electrons. The number of nitrogens with zero attached hydrogens (tertiary/aromatic N) is 4. The molecule has 0 bridgehead atoms. The summed E-state index contributed by atoms with van der Waals surface area (Å²) in [5.41, 5.74) is 0.179. The molecule has 0 aromatic carbocycles. The zero-order chi connectivity index (χ0) is 17.5. The van der Waals surface area contributed by atoms with E-state index in [2.05, 4.69) is 15.1 Å². The first-order valence-corrected chi connectivity index (χ1v) is 8.09. The van der Waals surface area contributed by atoms with Crippen molar-refractivity contribution in [3.63, 3.8) is 0 Å². The topological polar surface area (TPSA) is 43.6 Å². The molecule has 0 atom stereocenters. The van der Waals surface area contributed by atoms with Gasteiger partial charge >= 0.3 is 6.18 Å². The molecular weight excluding hydrogens is 337 g/mol. The summed E-state index contributed by atoms with van der Waals surface area (Å²) < 4.78 is 41.0. The van der Waals surface area contributed by atoms with E-state index >= 15 is 0 Å². The molecule has 3 rings (SSSR count). The van der Waals surface area contributed by atoms with E-state index in [1.165, 1.54) is 0 Å². The minimum Gasteiger partial charge on any atom is -0.255 e. The van der Waals surface area contributed by atoms with Crippen molar-refractivity contribution in [3.05, 3.63) is 47.2 Å². The van der Waals surface area contributed by atoms with Gasteiger partial charge in [-0.15, -0.1) is 11.3 Å². The second-order valence-corrected chi connectivity index (χ2v) is 7.14. The normalized spacial score (nSPS) is 12.6. The number of alkyl halides is 3. The molecule has 0 aliphatic rings. The number of halogens is 3.